The summed E-state index contributed by atoms with van der Waals surface area (Å²) < 4.78 is 11.8. The molecule has 1 N–H and O–H groups in total. The molecule has 0 amide bonds. The zero-order chi connectivity index (χ0) is 17.2. The maximum atomic E-state index is 5.91. The van der Waals surface area contributed by atoms with Crippen molar-refractivity contribution in [2.24, 2.45) is 5.92 Å². The molecule has 0 bridgehead atoms. The minimum atomic E-state index is -0.439. The average molecular weight is 335 g/mol. The van der Waals surface area contributed by atoms with Gasteiger partial charge in [0.05, 0.1) is 5.52 Å². The molecule has 0 spiro atoms. The van der Waals surface area contributed by atoms with Gasteiger partial charge in [-0.05, 0) is 42.7 Å². The van der Waals surface area contributed by atoms with Crippen LogP contribution in [0.25, 0.3) is 10.9 Å². The molecular formula is C20H21N3O2. The van der Waals surface area contributed by atoms with E-state index in [1.165, 1.54) is 0 Å². The Bertz CT molecular complexity index is 870. The fourth-order valence-electron chi connectivity index (χ4n) is 2.88. The number of hydrogen-bond donors (Lipinski definition) is 1. The molecule has 3 aromatic rings. The standard InChI is InChI=1S/C20H21N3O2/c1-13(2)9-10-21-19-15-11-14(7-8-16(15)22-12-23-19)20-24-17-5-3-4-6-18(17)25-20/h3-8,11-13,20H,9-10H2,1-2H3,(H,21,22,23). The lowest BCUT2D eigenvalue weighted by atomic mass is 10.1. The van der Waals surface area contributed by atoms with Crippen molar-refractivity contribution in [1.82, 2.24) is 9.97 Å². The van der Waals surface area contributed by atoms with Gasteiger partial charge in [0.25, 0.3) is 6.29 Å². The molecule has 1 aliphatic heterocycles. The Kier molecular flexibility index (Phi) is 4.14. The number of hydrogen-bond acceptors (Lipinski definition) is 5. The molecule has 2 heterocycles. The molecule has 0 radical (unpaired) electrons. The van der Waals surface area contributed by atoms with Gasteiger partial charge in [0, 0.05) is 17.5 Å². The van der Waals surface area contributed by atoms with Crippen molar-refractivity contribution in [3.8, 4) is 11.5 Å². The number of ether oxygens (including phenoxy) is 2. The summed E-state index contributed by atoms with van der Waals surface area (Å²) in [6.45, 7) is 5.31. The lowest BCUT2D eigenvalue weighted by Crippen LogP contribution is -2.09. The topological polar surface area (TPSA) is 56.3 Å². The maximum absolute atomic E-state index is 5.91. The summed E-state index contributed by atoms with van der Waals surface area (Å²) in [6, 6.07) is 13.7. The molecule has 25 heavy (non-hydrogen) atoms. The van der Waals surface area contributed by atoms with Crippen LogP contribution < -0.4 is 14.8 Å². The first-order valence-corrected chi connectivity index (χ1v) is 8.61. The van der Waals surface area contributed by atoms with Gasteiger partial charge in [0.1, 0.15) is 12.1 Å². The Hall–Kier alpha value is -2.82. The molecule has 2 aromatic carbocycles. The van der Waals surface area contributed by atoms with Crippen LogP contribution in [0.1, 0.15) is 32.1 Å². The molecule has 1 aromatic heterocycles. The molecule has 0 saturated heterocycles. The zero-order valence-corrected chi connectivity index (χ0v) is 14.4. The van der Waals surface area contributed by atoms with Gasteiger partial charge in [-0.3, -0.25) is 0 Å². The van der Waals surface area contributed by atoms with Gasteiger partial charge in [0.2, 0.25) is 0 Å². The number of anilines is 1. The number of benzene rings is 2. The highest BCUT2D eigenvalue weighted by Crippen LogP contribution is 2.40. The molecule has 5 heteroatoms. The number of fused-ring (bicyclic) bond motifs is 2. The van der Waals surface area contributed by atoms with Crippen molar-refractivity contribution in [2.75, 3.05) is 11.9 Å². The van der Waals surface area contributed by atoms with E-state index in [2.05, 4.69) is 29.1 Å². The van der Waals surface area contributed by atoms with E-state index in [0.717, 1.165) is 46.7 Å². The van der Waals surface area contributed by atoms with Gasteiger partial charge in [-0.1, -0.05) is 26.0 Å². The second kappa shape index (κ2) is 6.59. The average Bonchev–Trinajstić information content (AvgIpc) is 3.05. The van der Waals surface area contributed by atoms with E-state index < -0.39 is 6.29 Å². The van der Waals surface area contributed by atoms with E-state index in [-0.39, 0.29) is 0 Å². The van der Waals surface area contributed by atoms with E-state index in [9.17, 15) is 0 Å². The first kappa shape index (κ1) is 15.7. The van der Waals surface area contributed by atoms with E-state index in [1.807, 2.05) is 42.5 Å². The number of nitrogens with one attached hydrogen (secondary N) is 1. The molecule has 1 aliphatic rings. The summed E-state index contributed by atoms with van der Waals surface area (Å²) in [5.74, 6) is 3.04. The Morgan fingerprint density at radius 1 is 1.04 bits per heavy atom. The number of rotatable bonds is 5. The SMILES string of the molecule is CC(C)CCNc1ncnc2ccc(C3Oc4ccccc4O3)cc12. The van der Waals surface area contributed by atoms with Gasteiger partial charge < -0.3 is 14.8 Å². The van der Waals surface area contributed by atoms with Crippen molar-refractivity contribution in [3.05, 3.63) is 54.4 Å². The molecule has 0 aliphatic carbocycles. The highest BCUT2D eigenvalue weighted by atomic mass is 16.7. The molecule has 0 atom stereocenters. The highest BCUT2D eigenvalue weighted by molar-refractivity contribution is 5.89. The van der Waals surface area contributed by atoms with E-state index in [0.29, 0.717) is 5.92 Å². The molecule has 4 rings (SSSR count). The number of para-hydroxylation sites is 2. The van der Waals surface area contributed by atoms with Crippen LogP contribution in [0.15, 0.2) is 48.8 Å². The minimum Gasteiger partial charge on any atom is -0.447 e. The molecule has 0 saturated carbocycles. The third-order valence-corrected chi connectivity index (χ3v) is 4.26. The zero-order valence-electron chi connectivity index (χ0n) is 14.4. The van der Waals surface area contributed by atoms with Crippen LogP contribution in [0.4, 0.5) is 5.82 Å². The quantitative estimate of drug-likeness (QED) is 0.741. The van der Waals surface area contributed by atoms with Crippen molar-refractivity contribution in [1.29, 1.82) is 0 Å². The fourth-order valence-corrected chi connectivity index (χ4v) is 2.88. The van der Waals surface area contributed by atoms with Crippen molar-refractivity contribution >= 4 is 16.7 Å². The lowest BCUT2D eigenvalue weighted by Gasteiger charge is -2.13. The van der Waals surface area contributed by atoms with Crippen LogP contribution in [0, 0.1) is 5.92 Å². The van der Waals surface area contributed by atoms with E-state index in [4.69, 9.17) is 9.47 Å². The second-order valence-electron chi connectivity index (χ2n) is 6.62. The van der Waals surface area contributed by atoms with Gasteiger partial charge in [-0.25, -0.2) is 9.97 Å². The summed E-state index contributed by atoms with van der Waals surface area (Å²) in [6.07, 6.45) is 2.25. The van der Waals surface area contributed by atoms with Gasteiger partial charge >= 0.3 is 0 Å². The van der Waals surface area contributed by atoms with Crippen LogP contribution >= 0.6 is 0 Å². The minimum absolute atomic E-state index is 0.439. The molecule has 128 valence electrons. The summed E-state index contributed by atoms with van der Waals surface area (Å²) in [7, 11) is 0. The van der Waals surface area contributed by atoms with Crippen molar-refractivity contribution in [3.63, 3.8) is 0 Å². The molecular weight excluding hydrogens is 314 g/mol. The smallest absolute Gasteiger partial charge is 0.268 e. The van der Waals surface area contributed by atoms with Crippen LogP contribution in [0.2, 0.25) is 0 Å². The largest absolute Gasteiger partial charge is 0.447 e. The van der Waals surface area contributed by atoms with E-state index >= 15 is 0 Å². The summed E-state index contributed by atoms with van der Waals surface area (Å²) in [5.41, 5.74) is 1.85. The van der Waals surface area contributed by atoms with Crippen LogP contribution in [-0.2, 0) is 0 Å². The Balaban J connectivity index is 1.61. The Morgan fingerprint density at radius 2 is 1.80 bits per heavy atom. The number of aromatic nitrogens is 2. The van der Waals surface area contributed by atoms with Crippen LogP contribution in [-0.4, -0.2) is 16.5 Å². The molecule has 0 fully saturated rings. The summed E-state index contributed by atoms with van der Waals surface area (Å²) in [4.78, 5) is 8.77. The first-order chi connectivity index (χ1) is 12.2. The monoisotopic (exact) mass is 335 g/mol. The van der Waals surface area contributed by atoms with Gasteiger partial charge in [0.15, 0.2) is 11.5 Å². The Labute approximate surface area is 147 Å². The Morgan fingerprint density at radius 3 is 2.52 bits per heavy atom. The van der Waals surface area contributed by atoms with Gasteiger partial charge in [-0.15, -0.1) is 0 Å². The third-order valence-electron chi connectivity index (χ3n) is 4.26. The maximum Gasteiger partial charge on any atom is 0.268 e. The third kappa shape index (κ3) is 3.22. The predicted molar refractivity (Wildman–Crippen MR) is 97.9 cm³/mol. The normalized spacial score (nSPS) is 13.6. The highest BCUT2D eigenvalue weighted by Gasteiger charge is 2.25. The summed E-state index contributed by atoms with van der Waals surface area (Å²) >= 11 is 0. The first-order valence-electron chi connectivity index (χ1n) is 8.61. The van der Waals surface area contributed by atoms with Crippen LogP contribution in [0.5, 0.6) is 11.5 Å². The molecule has 5 nitrogen and oxygen atoms in total. The predicted octanol–water partition coefficient (Wildman–Crippen LogP) is 4.56. The lowest BCUT2D eigenvalue weighted by molar-refractivity contribution is 0.0488. The second-order valence-corrected chi connectivity index (χ2v) is 6.62. The van der Waals surface area contributed by atoms with Gasteiger partial charge in [-0.2, -0.15) is 0 Å². The van der Waals surface area contributed by atoms with E-state index in [1.54, 1.807) is 6.33 Å². The van der Waals surface area contributed by atoms with Crippen molar-refractivity contribution in [2.45, 2.75) is 26.6 Å². The van der Waals surface area contributed by atoms with Crippen molar-refractivity contribution < 1.29 is 9.47 Å². The van der Waals surface area contributed by atoms with Crippen LogP contribution in [0.3, 0.4) is 0 Å². The summed E-state index contributed by atoms with van der Waals surface area (Å²) in [5, 5.41) is 4.40. The number of nitrogens with zero attached hydrogens (tertiary/aromatic N) is 2. The molecule has 0 unspecified atom stereocenters. The fraction of sp³-hybridized carbons (Fsp3) is 0.300.